The van der Waals surface area contributed by atoms with E-state index in [9.17, 15) is 9.59 Å². The summed E-state index contributed by atoms with van der Waals surface area (Å²) in [6, 6.07) is 18.9. The Balaban J connectivity index is 1.83. The number of rotatable bonds is 7. The van der Waals surface area contributed by atoms with E-state index in [0.717, 1.165) is 47.5 Å². The average molecular weight is 399 g/mol. The second-order valence-corrected chi connectivity index (χ2v) is 7.49. The van der Waals surface area contributed by atoms with Crippen LogP contribution in [0.3, 0.4) is 0 Å². The van der Waals surface area contributed by atoms with Crippen molar-refractivity contribution in [3.63, 3.8) is 0 Å². The van der Waals surface area contributed by atoms with Gasteiger partial charge in [0.05, 0.1) is 12.7 Å². The average Bonchev–Trinajstić information content (AvgIpc) is 3.16. The van der Waals surface area contributed by atoms with E-state index in [2.05, 4.69) is 17.6 Å². The van der Waals surface area contributed by atoms with Crippen molar-refractivity contribution < 1.29 is 14.3 Å². The zero-order valence-electron chi connectivity index (χ0n) is 17.4. The maximum atomic E-state index is 13.6. The third-order valence-electron chi connectivity index (χ3n) is 5.61. The van der Waals surface area contributed by atoms with Gasteiger partial charge in [0.15, 0.2) is 5.78 Å². The number of hydrogen-bond acceptors (Lipinski definition) is 3. The lowest BCUT2D eigenvalue weighted by atomic mass is 9.94. The molecule has 0 N–H and O–H groups in total. The number of ketones is 1. The standard InChI is InChI=1S/C26H25NO3/c1-3-4-9-16-27-17-23(20-12-7-8-13-24(20)27)25(28)21-14-15-22(26(29)30-2)19-11-6-5-10-18(19)21/h5-8,10-15,17H,3-4,9,16H2,1-2H3. The van der Waals surface area contributed by atoms with E-state index in [-0.39, 0.29) is 5.78 Å². The van der Waals surface area contributed by atoms with Gasteiger partial charge >= 0.3 is 5.97 Å². The first-order valence-electron chi connectivity index (χ1n) is 10.4. The van der Waals surface area contributed by atoms with Crippen LogP contribution in [0.4, 0.5) is 0 Å². The van der Waals surface area contributed by atoms with Crippen molar-refractivity contribution in [1.29, 1.82) is 0 Å². The summed E-state index contributed by atoms with van der Waals surface area (Å²) in [7, 11) is 1.36. The fraction of sp³-hybridized carbons (Fsp3) is 0.231. The highest BCUT2D eigenvalue weighted by Crippen LogP contribution is 2.29. The number of aryl methyl sites for hydroxylation is 1. The Morgan fingerprint density at radius 2 is 1.43 bits per heavy atom. The number of hydrogen-bond donors (Lipinski definition) is 0. The fourth-order valence-electron chi connectivity index (χ4n) is 4.07. The predicted octanol–water partition coefficient (Wildman–Crippen LogP) is 6.00. The van der Waals surface area contributed by atoms with E-state index in [1.165, 1.54) is 7.11 Å². The number of carbonyl (C=O) groups is 2. The molecule has 1 aromatic heterocycles. The van der Waals surface area contributed by atoms with Crippen LogP contribution in [0.1, 0.15) is 52.5 Å². The molecule has 4 nitrogen and oxygen atoms in total. The highest BCUT2D eigenvalue weighted by atomic mass is 16.5. The van der Waals surface area contributed by atoms with E-state index in [1.54, 1.807) is 12.1 Å². The minimum Gasteiger partial charge on any atom is -0.465 e. The zero-order valence-corrected chi connectivity index (χ0v) is 17.4. The molecule has 0 saturated heterocycles. The molecule has 0 aliphatic rings. The van der Waals surface area contributed by atoms with Crippen molar-refractivity contribution in [2.75, 3.05) is 7.11 Å². The van der Waals surface area contributed by atoms with Gasteiger partial charge in [0.25, 0.3) is 0 Å². The summed E-state index contributed by atoms with van der Waals surface area (Å²) < 4.78 is 7.09. The smallest absolute Gasteiger partial charge is 0.338 e. The number of nitrogens with zero attached hydrogens (tertiary/aromatic N) is 1. The molecule has 0 atom stereocenters. The first kappa shape index (κ1) is 19.9. The van der Waals surface area contributed by atoms with Gasteiger partial charge in [0.1, 0.15) is 0 Å². The molecule has 0 radical (unpaired) electrons. The number of esters is 1. The fourth-order valence-corrected chi connectivity index (χ4v) is 4.07. The largest absolute Gasteiger partial charge is 0.465 e. The van der Waals surface area contributed by atoms with Crippen molar-refractivity contribution in [2.45, 2.75) is 32.7 Å². The first-order chi connectivity index (χ1) is 14.7. The molecule has 30 heavy (non-hydrogen) atoms. The molecule has 0 aliphatic heterocycles. The van der Waals surface area contributed by atoms with Gasteiger partial charge in [-0.1, -0.05) is 62.2 Å². The Labute approximate surface area is 176 Å². The summed E-state index contributed by atoms with van der Waals surface area (Å²) in [5.74, 6) is -0.439. The normalized spacial score (nSPS) is 11.1. The maximum absolute atomic E-state index is 13.6. The van der Waals surface area contributed by atoms with E-state index in [4.69, 9.17) is 4.74 Å². The Bertz CT molecular complexity index is 1240. The highest BCUT2D eigenvalue weighted by molar-refractivity contribution is 6.22. The van der Waals surface area contributed by atoms with Crippen molar-refractivity contribution in [3.05, 3.63) is 83.6 Å². The van der Waals surface area contributed by atoms with Gasteiger partial charge in [0, 0.05) is 34.8 Å². The number of carbonyl (C=O) groups excluding carboxylic acids is 2. The van der Waals surface area contributed by atoms with E-state index in [0.29, 0.717) is 16.7 Å². The third kappa shape index (κ3) is 3.50. The maximum Gasteiger partial charge on any atom is 0.338 e. The van der Waals surface area contributed by atoms with Crippen LogP contribution in [0.2, 0.25) is 0 Å². The van der Waals surface area contributed by atoms with Gasteiger partial charge in [-0.05, 0) is 35.4 Å². The number of aromatic nitrogens is 1. The summed E-state index contributed by atoms with van der Waals surface area (Å²) in [6.45, 7) is 3.08. The van der Waals surface area contributed by atoms with Crippen LogP contribution in [0.25, 0.3) is 21.7 Å². The molecule has 3 aromatic carbocycles. The van der Waals surface area contributed by atoms with Gasteiger partial charge in [-0.25, -0.2) is 4.79 Å². The lowest BCUT2D eigenvalue weighted by Gasteiger charge is -2.09. The van der Waals surface area contributed by atoms with Crippen LogP contribution in [0.15, 0.2) is 66.9 Å². The molecule has 0 saturated carbocycles. The second kappa shape index (κ2) is 8.54. The van der Waals surface area contributed by atoms with E-state index in [1.807, 2.05) is 48.7 Å². The lowest BCUT2D eigenvalue weighted by Crippen LogP contribution is -2.06. The monoisotopic (exact) mass is 399 g/mol. The molecule has 152 valence electrons. The minimum atomic E-state index is -0.405. The Kier molecular flexibility index (Phi) is 5.66. The molecule has 0 amide bonds. The van der Waals surface area contributed by atoms with Gasteiger partial charge < -0.3 is 9.30 Å². The number of methoxy groups -OCH3 is 1. The minimum absolute atomic E-state index is 0.0342. The van der Waals surface area contributed by atoms with Crippen LogP contribution < -0.4 is 0 Å². The van der Waals surface area contributed by atoms with Crippen LogP contribution in [-0.2, 0) is 11.3 Å². The summed E-state index contributed by atoms with van der Waals surface area (Å²) in [5, 5.41) is 2.44. The second-order valence-electron chi connectivity index (χ2n) is 7.49. The lowest BCUT2D eigenvalue weighted by molar-refractivity contribution is 0.0602. The highest BCUT2D eigenvalue weighted by Gasteiger charge is 2.20. The molecule has 0 fully saturated rings. The van der Waals surface area contributed by atoms with Crippen LogP contribution in [0, 0.1) is 0 Å². The number of para-hydroxylation sites is 1. The first-order valence-corrected chi connectivity index (χ1v) is 10.4. The summed E-state index contributed by atoms with van der Waals surface area (Å²) >= 11 is 0. The molecule has 4 heteroatoms. The Morgan fingerprint density at radius 3 is 2.13 bits per heavy atom. The topological polar surface area (TPSA) is 48.3 Å². The molecular formula is C26H25NO3. The molecule has 4 rings (SSSR count). The Hall–Kier alpha value is -3.40. The van der Waals surface area contributed by atoms with E-state index < -0.39 is 5.97 Å². The zero-order chi connectivity index (χ0) is 21.1. The van der Waals surface area contributed by atoms with Crippen LogP contribution >= 0.6 is 0 Å². The van der Waals surface area contributed by atoms with Gasteiger partial charge in [-0.2, -0.15) is 0 Å². The predicted molar refractivity (Wildman–Crippen MR) is 120 cm³/mol. The van der Waals surface area contributed by atoms with E-state index >= 15 is 0 Å². The summed E-state index contributed by atoms with van der Waals surface area (Å²) in [6.07, 6.45) is 5.38. The van der Waals surface area contributed by atoms with Gasteiger partial charge in [0.2, 0.25) is 0 Å². The van der Waals surface area contributed by atoms with Crippen LogP contribution in [0.5, 0.6) is 0 Å². The Morgan fingerprint density at radius 1 is 0.800 bits per heavy atom. The van der Waals surface area contributed by atoms with Crippen molar-refractivity contribution in [2.24, 2.45) is 0 Å². The number of ether oxygens (including phenoxy) is 1. The van der Waals surface area contributed by atoms with Crippen LogP contribution in [-0.4, -0.2) is 23.4 Å². The third-order valence-corrected chi connectivity index (χ3v) is 5.61. The molecule has 1 heterocycles. The number of unbranched alkanes of at least 4 members (excludes halogenated alkanes) is 2. The van der Waals surface area contributed by atoms with Gasteiger partial charge in [-0.15, -0.1) is 0 Å². The quantitative estimate of drug-likeness (QED) is 0.217. The molecule has 4 aromatic rings. The summed E-state index contributed by atoms with van der Waals surface area (Å²) in [5.41, 5.74) is 2.83. The molecule has 0 spiro atoms. The number of benzene rings is 3. The molecule has 0 bridgehead atoms. The van der Waals surface area contributed by atoms with Crippen molar-refractivity contribution in [3.8, 4) is 0 Å². The molecule has 0 unspecified atom stereocenters. The van der Waals surface area contributed by atoms with Gasteiger partial charge in [-0.3, -0.25) is 4.79 Å². The SMILES string of the molecule is CCCCCn1cc(C(=O)c2ccc(C(=O)OC)c3ccccc23)c2ccccc21. The van der Waals surface area contributed by atoms with Crippen molar-refractivity contribution >= 4 is 33.4 Å². The van der Waals surface area contributed by atoms with Crippen molar-refractivity contribution in [1.82, 2.24) is 4.57 Å². The number of fused-ring (bicyclic) bond motifs is 2. The molecule has 0 aliphatic carbocycles. The summed E-state index contributed by atoms with van der Waals surface area (Å²) in [4.78, 5) is 25.8. The molecular weight excluding hydrogens is 374 g/mol.